The van der Waals surface area contributed by atoms with Crippen molar-refractivity contribution in [3.05, 3.63) is 12.0 Å². The number of oxazole rings is 1. The van der Waals surface area contributed by atoms with Crippen molar-refractivity contribution in [2.45, 2.75) is 38.1 Å². The standard InChI is InChI=1S/C12H16N2O3/c15-11(16)9-7-17-12(13-9)14-6-2-4-8-3-1-5-10(8)14/h7-8,10H,1-6H2,(H,15,16). The molecule has 1 aromatic heterocycles. The van der Waals surface area contributed by atoms with Gasteiger partial charge in [0, 0.05) is 12.6 Å². The van der Waals surface area contributed by atoms with Crippen LogP contribution in [0.25, 0.3) is 0 Å². The van der Waals surface area contributed by atoms with Crippen LogP contribution in [0.2, 0.25) is 0 Å². The van der Waals surface area contributed by atoms with E-state index in [1.807, 2.05) is 0 Å². The molecule has 2 atom stereocenters. The zero-order valence-corrected chi connectivity index (χ0v) is 9.63. The van der Waals surface area contributed by atoms with E-state index in [9.17, 15) is 4.79 Å². The monoisotopic (exact) mass is 236 g/mol. The molecule has 0 bridgehead atoms. The number of anilines is 1. The highest BCUT2D eigenvalue weighted by atomic mass is 16.4. The molecule has 1 saturated heterocycles. The maximum Gasteiger partial charge on any atom is 0.357 e. The van der Waals surface area contributed by atoms with E-state index < -0.39 is 5.97 Å². The van der Waals surface area contributed by atoms with Crippen LogP contribution in [-0.4, -0.2) is 28.6 Å². The molecule has 1 aromatic rings. The topological polar surface area (TPSA) is 66.6 Å². The number of piperidine rings is 1. The van der Waals surface area contributed by atoms with Crippen molar-refractivity contribution < 1.29 is 14.3 Å². The second-order valence-corrected chi connectivity index (χ2v) is 4.91. The van der Waals surface area contributed by atoms with Crippen molar-refractivity contribution in [1.82, 2.24) is 4.98 Å². The van der Waals surface area contributed by atoms with Gasteiger partial charge < -0.3 is 14.4 Å². The highest BCUT2D eigenvalue weighted by molar-refractivity contribution is 5.85. The maximum atomic E-state index is 10.8. The quantitative estimate of drug-likeness (QED) is 0.852. The number of carboxylic acid groups (broad SMARTS) is 1. The molecule has 1 aliphatic carbocycles. The van der Waals surface area contributed by atoms with Gasteiger partial charge in [-0.3, -0.25) is 0 Å². The van der Waals surface area contributed by atoms with Crippen LogP contribution in [-0.2, 0) is 0 Å². The third-order valence-electron chi connectivity index (χ3n) is 3.95. The number of aromatic carboxylic acids is 1. The summed E-state index contributed by atoms with van der Waals surface area (Å²) in [6.45, 7) is 0.931. The van der Waals surface area contributed by atoms with Crippen LogP contribution in [0.3, 0.4) is 0 Å². The molecule has 2 fully saturated rings. The van der Waals surface area contributed by atoms with Gasteiger partial charge in [0.15, 0.2) is 5.69 Å². The van der Waals surface area contributed by atoms with Crippen molar-refractivity contribution in [2.75, 3.05) is 11.4 Å². The molecule has 5 nitrogen and oxygen atoms in total. The van der Waals surface area contributed by atoms with Gasteiger partial charge in [0.05, 0.1) is 0 Å². The van der Waals surface area contributed by atoms with E-state index >= 15 is 0 Å². The Morgan fingerprint density at radius 1 is 1.41 bits per heavy atom. The molecule has 1 N–H and O–H groups in total. The Kier molecular flexibility index (Phi) is 2.53. The first-order chi connectivity index (χ1) is 8.25. The second kappa shape index (κ2) is 4.05. The summed E-state index contributed by atoms with van der Waals surface area (Å²) in [5.74, 6) is -0.288. The van der Waals surface area contributed by atoms with Gasteiger partial charge in [-0.15, -0.1) is 0 Å². The lowest BCUT2D eigenvalue weighted by Gasteiger charge is -2.36. The van der Waals surface area contributed by atoms with Crippen LogP contribution >= 0.6 is 0 Å². The zero-order chi connectivity index (χ0) is 11.8. The Morgan fingerprint density at radius 3 is 3.00 bits per heavy atom. The predicted octanol–water partition coefficient (Wildman–Crippen LogP) is 2.14. The van der Waals surface area contributed by atoms with Crippen molar-refractivity contribution in [3.8, 4) is 0 Å². The number of nitrogens with zero attached hydrogens (tertiary/aromatic N) is 2. The van der Waals surface area contributed by atoms with E-state index in [2.05, 4.69) is 9.88 Å². The molecule has 5 heteroatoms. The van der Waals surface area contributed by atoms with Gasteiger partial charge in [-0.1, -0.05) is 6.42 Å². The lowest BCUT2D eigenvalue weighted by Crippen LogP contribution is -2.42. The molecule has 1 aliphatic heterocycles. The lowest BCUT2D eigenvalue weighted by atomic mass is 9.92. The van der Waals surface area contributed by atoms with Crippen molar-refractivity contribution in [3.63, 3.8) is 0 Å². The molecule has 2 heterocycles. The SMILES string of the molecule is O=C(O)c1coc(N2CCCC3CCCC32)n1. The summed E-state index contributed by atoms with van der Waals surface area (Å²) in [7, 11) is 0. The average molecular weight is 236 g/mol. The van der Waals surface area contributed by atoms with Crippen molar-refractivity contribution in [1.29, 1.82) is 0 Å². The molecule has 92 valence electrons. The average Bonchev–Trinajstić information content (AvgIpc) is 2.97. The van der Waals surface area contributed by atoms with Crippen LogP contribution in [0.1, 0.15) is 42.6 Å². The summed E-state index contributed by atoms with van der Waals surface area (Å²) < 4.78 is 5.31. The van der Waals surface area contributed by atoms with E-state index in [4.69, 9.17) is 9.52 Å². The van der Waals surface area contributed by atoms with Gasteiger partial charge in [-0.25, -0.2) is 4.79 Å². The number of fused-ring (bicyclic) bond motifs is 1. The smallest absolute Gasteiger partial charge is 0.357 e. The third-order valence-corrected chi connectivity index (χ3v) is 3.95. The van der Waals surface area contributed by atoms with Crippen LogP contribution in [0.4, 0.5) is 6.01 Å². The highest BCUT2D eigenvalue weighted by Gasteiger charge is 2.37. The van der Waals surface area contributed by atoms with Crippen molar-refractivity contribution >= 4 is 12.0 Å². The Labute approximate surface area is 99.4 Å². The van der Waals surface area contributed by atoms with Crippen molar-refractivity contribution in [2.24, 2.45) is 5.92 Å². The maximum absolute atomic E-state index is 10.8. The fraction of sp³-hybridized carbons (Fsp3) is 0.667. The number of carbonyl (C=O) groups is 1. The molecule has 0 aromatic carbocycles. The second-order valence-electron chi connectivity index (χ2n) is 4.91. The molecule has 0 amide bonds. The minimum Gasteiger partial charge on any atom is -0.476 e. The first-order valence-electron chi connectivity index (χ1n) is 6.21. The van der Waals surface area contributed by atoms with E-state index in [0.717, 1.165) is 18.9 Å². The zero-order valence-electron chi connectivity index (χ0n) is 9.63. The molecule has 2 aliphatic rings. The number of hydrogen-bond acceptors (Lipinski definition) is 4. The van der Waals surface area contributed by atoms with Crippen LogP contribution < -0.4 is 4.90 Å². The normalized spacial score (nSPS) is 28.1. The summed E-state index contributed by atoms with van der Waals surface area (Å²) in [6, 6.07) is 0.989. The lowest BCUT2D eigenvalue weighted by molar-refractivity contribution is 0.0690. The fourth-order valence-electron chi connectivity index (χ4n) is 3.19. The minimum atomic E-state index is -1.03. The summed E-state index contributed by atoms with van der Waals surface area (Å²) >= 11 is 0. The first kappa shape index (κ1) is 10.6. The van der Waals surface area contributed by atoms with E-state index in [1.165, 1.54) is 31.9 Å². The van der Waals surface area contributed by atoms with Gasteiger partial charge >= 0.3 is 5.97 Å². The summed E-state index contributed by atoms with van der Waals surface area (Å²) in [6.07, 6.45) is 7.39. The van der Waals surface area contributed by atoms with Gasteiger partial charge in [0.1, 0.15) is 6.26 Å². The van der Waals surface area contributed by atoms with Gasteiger partial charge in [-0.2, -0.15) is 4.98 Å². The molecule has 3 rings (SSSR count). The van der Waals surface area contributed by atoms with Gasteiger partial charge in [0.25, 0.3) is 6.01 Å². The molecule has 0 radical (unpaired) electrons. The molecule has 2 unspecified atom stereocenters. The Balaban J connectivity index is 1.84. The summed E-state index contributed by atoms with van der Waals surface area (Å²) in [5, 5.41) is 8.84. The Morgan fingerprint density at radius 2 is 2.24 bits per heavy atom. The van der Waals surface area contributed by atoms with Crippen LogP contribution in [0.5, 0.6) is 0 Å². The predicted molar refractivity (Wildman–Crippen MR) is 61.2 cm³/mol. The van der Waals surface area contributed by atoms with Gasteiger partial charge in [-0.05, 0) is 31.6 Å². The Hall–Kier alpha value is -1.52. The Bertz CT molecular complexity index is 429. The number of hydrogen-bond donors (Lipinski definition) is 1. The van der Waals surface area contributed by atoms with Crippen LogP contribution in [0, 0.1) is 5.92 Å². The number of aromatic nitrogens is 1. The van der Waals surface area contributed by atoms with Gasteiger partial charge in [0.2, 0.25) is 0 Å². The third kappa shape index (κ3) is 1.79. The number of rotatable bonds is 2. The molecular formula is C12H16N2O3. The summed E-state index contributed by atoms with van der Waals surface area (Å²) in [5.41, 5.74) is 0.000111. The van der Waals surface area contributed by atoms with E-state index in [1.54, 1.807) is 0 Å². The fourth-order valence-corrected chi connectivity index (χ4v) is 3.19. The minimum absolute atomic E-state index is 0.000111. The molecule has 0 spiro atoms. The first-order valence-corrected chi connectivity index (χ1v) is 6.21. The molecular weight excluding hydrogens is 220 g/mol. The largest absolute Gasteiger partial charge is 0.476 e. The van der Waals surface area contributed by atoms with E-state index in [-0.39, 0.29) is 5.69 Å². The highest BCUT2D eigenvalue weighted by Crippen LogP contribution is 2.38. The van der Waals surface area contributed by atoms with Crippen LogP contribution in [0.15, 0.2) is 10.7 Å². The molecule has 1 saturated carbocycles. The van der Waals surface area contributed by atoms with E-state index in [0.29, 0.717) is 12.1 Å². The summed E-state index contributed by atoms with van der Waals surface area (Å²) in [4.78, 5) is 17.0. The number of carboxylic acids is 1. The molecule has 17 heavy (non-hydrogen) atoms.